The van der Waals surface area contributed by atoms with Crippen molar-refractivity contribution in [2.24, 2.45) is 5.92 Å². The molecule has 8 heteroatoms. The van der Waals surface area contributed by atoms with Gasteiger partial charge < -0.3 is 15.0 Å². The third-order valence-electron chi connectivity index (χ3n) is 5.38. The molecule has 3 rings (SSSR count). The van der Waals surface area contributed by atoms with E-state index in [1.165, 1.54) is 0 Å². The van der Waals surface area contributed by atoms with Crippen LogP contribution in [0.4, 0.5) is 0 Å². The summed E-state index contributed by atoms with van der Waals surface area (Å²) in [5.41, 5.74) is 1.71. The zero-order valence-corrected chi connectivity index (χ0v) is 18.7. The molecule has 0 unspecified atom stereocenters. The van der Waals surface area contributed by atoms with Crippen LogP contribution in [-0.2, 0) is 22.6 Å². The summed E-state index contributed by atoms with van der Waals surface area (Å²) in [6.07, 6.45) is 6.62. The maximum Gasteiger partial charge on any atom is 0.326 e. The van der Waals surface area contributed by atoms with Crippen LogP contribution in [0.1, 0.15) is 50.3 Å². The fourth-order valence-corrected chi connectivity index (χ4v) is 4.76. The smallest absolute Gasteiger partial charge is 0.326 e. The van der Waals surface area contributed by atoms with Crippen molar-refractivity contribution >= 4 is 35.2 Å². The second kappa shape index (κ2) is 10.9. The maximum absolute atomic E-state index is 12.5. The van der Waals surface area contributed by atoms with Gasteiger partial charge in [-0.2, -0.15) is 0 Å². The van der Waals surface area contributed by atoms with Crippen LogP contribution in [-0.4, -0.2) is 38.3 Å². The zero-order chi connectivity index (χ0) is 21.5. The highest BCUT2D eigenvalue weighted by Crippen LogP contribution is 2.26. The molecule has 1 aromatic carbocycles. The van der Waals surface area contributed by atoms with Crippen molar-refractivity contribution in [1.82, 2.24) is 14.9 Å². The van der Waals surface area contributed by atoms with E-state index in [1.54, 1.807) is 18.0 Å². The maximum atomic E-state index is 12.5. The van der Waals surface area contributed by atoms with Crippen LogP contribution in [0, 0.1) is 5.92 Å². The number of halogens is 1. The molecule has 162 valence electrons. The fraction of sp³-hybridized carbons (Fsp3) is 0.500. The minimum Gasteiger partial charge on any atom is -0.480 e. The highest BCUT2D eigenvalue weighted by molar-refractivity contribution is 7.99. The molecule has 0 spiro atoms. The number of carbonyl (C=O) groups is 2. The molecule has 1 amide bonds. The van der Waals surface area contributed by atoms with E-state index in [2.05, 4.69) is 17.2 Å². The van der Waals surface area contributed by atoms with Crippen LogP contribution in [0.2, 0.25) is 5.02 Å². The van der Waals surface area contributed by atoms with Crippen LogP contribution in [0.5, 0.6) is 0 Å². The molecular weight excluding hydrogens is 422 g/mol. The van der Waals surface area contributed by atoms with Crippen LogP contribution in [0.3, 0.4) is 0 Å². The molecule has 1 fully saturated rings. The Balaban J connectivity index is 1.81. The number of aliphatic carboxylic acids is 1. The summed E-state index contributed by atoms with van der Waals surface area (Å²) >= 11 is 7.99. The SMILES string of the molecule is CCCSc1ncc(C[C@H](NC(=O)C2CCCC2)C(=O)O)n1Cc1ccccc1Cl. The van der Waals surface area contributed by atoms with Gasteiger partial charge in [0.15, 0.2) is 5.16 Å². The summed E-state index contributed by atoms with van der Waals surface area (Å²) in [7, 11) is 0. The lowest BCUT2D eigenvalue weighted by atomic mass is 10.1. The molecule has 0 bridgehead atoms. The quantitative estimate of drug-likeness (QED) is 0.525. The lowest BCUT2D eigenvalue weighted by Gasteiger charge is -2.19. The fourth-order valence-electron chi connectivity index (χ4n) is 3.72. The first kappa shape index (κ1) is 22.7. The number of hydrogen-bond acceptors (Lipinski definition) is 4. The minimum absolute atomic E-state index is 0.0736. The van der Waals surface area contributed by atoms with E-state index < -0.39 is 12.0 Å². The molecule has 1 heterocycles. The molecule has 1 aromatic heterocycles. The van der Waals surface area contributed by atoms with Crippen molar-refractivity contribution < 1.29 is 14.7 Å². The van der Waals surface area contributed by atoms with Gasteiger partial charge in [-0.05, 0) is 30.9 Å². The van der Waals surface area contributed by atoms with Crippen molar-refractivity contribution in [3.63, 3.8) is 0 Å². The molecule has 2 aromatic rings. The Morgan fingerprint density at radius 1 is 1.33 bits per heavy atom. The van der Waals surface area contributed by atoms with Crippen LogP contribution >= 0.6 is 23.4 Å². The summed E-state index contributed by atoms with van der Waals surface area (Å²) in [6.45, 7) is 2.61. The first-order chi connectivity index (χ1) is 14.5. The van der Waals surface area contributed by atoms with Gasteiger partial charge in [0, 0.05) is 35.0 Å². The van der Waals surface area contributed by atoms with Gasteiger partial charge in [0.2, 0.25) is 5.91 Å². The van der Waals surface area contributed by atoms with E-state index in [4.69, 9.17) is 11.6 Å². The molecule has 1 aliphatic carbocycles. The van der Waals surface area contributed by atoms with Gasteiger partial charge in [0.25, 0.3) is 0 Å². The summed E-state index contributed by atoms with van der Waals surface area (Å²) in [5.74, 6) is -0.345. The average Bonchev–Trinajstić information content (AvgIpc) is 3.38. The first-order valence-electron chi connectivity index (χ1n) is 10.4. The Bertz CT molecular complexity index is 880. The van der Waals surface area contributed by atoms with Crippen LogP contribution < -0.4 is 5.32 Å². The Labute approximate surface area is 186 Å². The van der Waals surface area contributed by atoms with Crippen LogP contribution in [0.15, 0.2) is 35.6 Å². The standard InChI is InChI=1S/C22H28ClN3O3S/c1-2-11-30-22-24-13-17(26(22)14-16-9-5-6-10-18(16)23)12-19(21(28)29)25-20(27)15-7-3-4-8-15/h5-6,9-10,13,15,19H,2-4,7-8,11-12,14H2,1H3,(H,25,27)(H,28,29)/t19-/m0/s1. The Morgan fingerprint density at radius 2 is 2.07 bits per heavy atom. The minimum atomic E-state index is -1.03. The summed E-state index contributed by atoms with van der Waals surface area (Å²) in [5, 5.41) is 14.0. The number of imidazole rings is 1. The molecule has 0 saturated heterocycles. The van der Waals surface area contributed by atoms with E-state index in [1.807, 2.05) is 28.8 Å². The number of rotatable bonds is 10. The second-order valence-corrected chi connectivity index (χ2v) is 9.11. The summed E-state index contributed by atoms with van der Waals surface area (Å²) in [4.78, 5) is 28.9. The Morgan fingerprint density at radius 3 is 2.73 bits per heavy atom. The van der Waals surface area contributed by atoms with Gasteiger partial charge in [0.05, 0.1) is 6.54 Å². The molecule has 30 heavy (non-hydrogen) atoms. The molecular formula is C22H28ClN3O3S. The molecule has 6 nitrogen and oxygen atoms in total. The van der Waals surface area contributed by atoms with Gasteiger partial charge >= 0.3 is 5.97 Å². The number of nitrogens with one attached hydrogen (secondary N) is 1. The lowest BCUT2D eigenvalue weighted by molar-refractivity contribution is -0.142. The van der Waals surface area contributed by atoms with Gasteiger partial charge in [-0.3, -0.25) is 4.79 Å². The predicted octanol–water partition coefficient (Wildman–Crippen LogP) is 4.39. The van der Waals surface area contributed by atoms with Crippen LogP contribution in [0.25, 0.3) is 0 Å². The normalized spacial score (nSPS) is 15.3. The number of hydrogen-bond donors (Lipinski definition) is 2. The third kappa shape index (κ3) is 5.79. The number of benzene rings is 1. The number of amides is 1. The lowest BCUT2D eigenvalue weighted by Crippen LogP contribution is -2.44. The topological polar surface area (TPSA) is 84.2 Å². The van der Waals surface area contributed by atoms with Crippen molar-refractivity contribution in [2.45, 2.75) is 63.2 Å². The number of thioether (sulfide) groups is 1. The number of nitrogens with zero attached hydrogens (tertiary/aromatic N) is 2. The second-order valence-electron chi connectivity index (χ2n) is 7.64. The largest absolute Gasteiger partial charge is 0.480 e. The van der Waals surface area contributed by atoms with Crippen molar-refractivity contribution in [3.8, 4) is 0 Å². The van der Waals surface area contributed by atoms with E-state index in [0.29, 0.717) is 11.6 Å². The number of carboxylic acids is 1. The molecule has 0 radical (unpaired) electrons. The monoisotopic (exact) mass is 449 g/mol. The number of carbonyl (C=O) groups excluding carboxylic acids is 1. The molecule has 1 atom stereocenters. The van der Waals surface area contributed by atoms with Gasteiger partial charge in [-0.25, -0.2) is 9.78 Å². The van der Waals surface area contributed by atoms with Crippen molar-refractivity contribution in [2.75, 3.05) is 5.75 Å². The summed E-state index contributed by atoms with van der Waals surface area (Å²) < 4.78 is 2.01. The molecule has 1 saturated carbocycles. The van der Waals surface area contributed by atoms with Crippen molar-refractivity contribution in [3.05, 3.63) is 46.7 Å². The number of aromatic nitrogens is 2. The molecule has 2 N–H and O–H groups in total. The highest BCUT2D eigenvalue weighted by atomic mass is 35.5. The first-order valence-corrected chi connectivity index (χ1v) is 11.8. The predicted molar refractivity (Wildman–Crippen MR) is 119 cm³/mol. The van der Waals surface area contributed by atoms with E-state index in [-0.39, 0.29) is 18.2 Å². The van der Waals surface area contributed by atoms with E-state index in [9.17, 15) is 14.7 Å². The van der Waals surface area contributed by atoms with Gasteiger partial charge in [-0.15, -0.1) is 0 Å². The Kier molecular flexibility index (Phi) is 8.22. The van der Waals surface area contributed by atoms with Gasteiger partial charge in [0.1, 0.15) is 6.04 Å². The Hall–Kier alpha value is -1.99. The summed E-state index contributed by atoms with van der Waals surface area (Å²) in [6, 6.07) is 6.62. The van der Waals surface area contributed by atoms with Crippen molar-refractivity contribution in [1.29, 1.82) is 0 Å². The molecule has 1 aliphatic rings. The third-order valence-corrected chi connectivity index (χ3v) is 6.94. The van der Waals surface area contributed by atoms with Gasteiger partial charge in [-0.1, -0.05) is 61.3 Å². The van der Waals surface area contributed by atoms with E-state index >= 15 is 0 Å². The molecule has 0 aliphatic heterocycles. The zero-order valence-electron chi connectivity index (χ0n) is 17.1. The van der Waals surface area contributed by atoms with E-state index in [0.717, 1.165) is 54.3 Å². The average molecular weight is 450 g/mol. The highest BCUT2D eigenvalue weighted by Gasteiger charge is 2.28. The number of carboxylic acid groups (broad SMARTS) is 1.